The largest absolute Gasteiger partial charge is 0.383 e. The van der Waals surface area contributed by atoms with E-state index in [1.165, 1.54) is 16.8 Å². The molecule has 0 radical (unpaired) electrons. The Labute approximate surface area is 135 Å². The Hall–Kier alpha value is -1.77. The minimum absolute atomic E-state index is 0.224. The second-order valence-corrected chi connectivity index (χ2v) is 5.48. The zero-order chi connectivity index (χ0) is 16.7. The van der Waals surface area contributed by atoms with E-state index in [4.69, 9.17) is 9.47 Å². The number of nitrogens with zero attached hydrogens (tertiary/aromatic N) is 3. The minimum Gasteiger partial charge on any atom is -0.383 e. The molecule has 0 aliphatic carbocycles. The molecule has 0 spiro atoms. The number of hydrogen-bond acceptors (Lipinski definition) is 6. The Morgan fingerprint density at radius 3 is 2.87 bits per heavy atom. The molecule has 128 valence electrons. The highest BCUT2D eigenvalue weighted by molar-refractivity contribution is 5.91. The summed E-state index contributed by atoms with van der Waals surface area (Å²) in [5.41, 5.74) is -0.0184. The van der Waals surface area contributed by atoms with Crippen LogP contribution in [0, 0.1) is 0 Å². The van der Waals surface area contributed by atoms with Gasteiger partial charge in [-0.15, -0.1) is 0 Å². The molecule has 1 fully saturated rings. The Bertz CT molecular complexity index is 569. The van der Waals surface area contributed by atoms with Crippen LogP contribution in [0.2, 0.25) is 0 Å². The molecule has 0 aromatic carbocycles. The van der Waals surface area contributed by atoms with Crippen molar-refractivity contribution in [3.05, 3.63) is 28.2 Å². The summed E-state index contributed by atoms with van der Waals surface area (Å²) < 4.78 is 11.5. The lowest BCUT2D eigenvalue weighted by molar-refractivity contribution is 0.0204. The zero-order valence-corrected chi connectivity index (χ0v) is 13.7. The van der Waals surface area contributed by atoms with E-state index in [2.05, 4.69) is 22.2 Å². The maximum absolute atomic E-state index is 12.2. The van der Waals surface area contributed by atoms with Gasteiger partial charge in [-0.25, -0.2) is 4.68 Å². The van der Waals surface area contributed by atoms with Gasteiger partial charge in [-0.3, -0.25) is 14.5 Å². The van der Waals surface area contributed by atoms with Crippen molar-refractivity contribution in [2.45, 2.75) is 19.5 Å². The third kappa shape index (κ3) is 5.12. The Morgan fingerprint density at radius 2 is 2.17 bits per heavy atom. The number of ether oxygens (including phenoxy) is 2. The van der Waals surface area contributed by atoms with Gasteiger partial charge in [0.15, 0.2) is 0 Å². The predicted octanol–water partition coefficient (Wildman–Crippen LogP) is -0.660. The van der Waals surface area contributed by atoms with Crippen LogP contribution in [0.5, 0.6) is 0 Å². The second-order valence-electron chi connectivity index (χ2n) is 5.48. The number of hydrogen-bond donors (Lipinski definition) is 1. The van der Waals surface area contributed by atoms with Gasteiger partial charge in [-0.2, -0.15) is 5.10 Å². The topological polar surface area (TPSA) is 85.7 Å². The SMILES string of the molecule is COCCn1nc(C(=O)NC[C@@H](C)N2CCOCC2)ccc1=O. The molecule has 1 atom stereocenters. The molecule has 0 unspecified atom stereocenters. The molecule has 0 saturated carbocycles. The van der Waals surface area contributed by atoms with Crippen molar-refractivity contribution in [3.8, 4) is 0 Å². The first-order valence-electron chi connectivity index (χ1n) is 7.79. The smallest absolute Gasteiger partial charge is 0.271 e. The van der Waals surface area contributed by atoms with Gasteiger partial charge in [0.05, 0.1) is 26.4 Å². The average molecular weight is 324 g/mol. The highest BCUT2D eigenvalue weighted by atomic mass is 16.5. The van der Waals surface area contributed by atoms with Gasteiger partial charge in [0.2, 0.25) is 0 Å². The summed E-state index contributed by atoms with van der Waals surface area (Å²) in [5.74, 6) is -0.281. The molecule has 1 aromatic rings. The maximum atomic E-state index is 12.2. The number of nitrogens with one attached hydrogen (secondary N) is 1. The van der Waals surface area contributed by atoms with Crippen molar-refractivity contribution in [1.82, 2.24) is 20.0 Å². The Morgan fingerprint density at radius 1 is 1.43 bits per heavy atom. The summed E-state index contributed by atoms with van der Waals surface area (Å²) in [5, 5.41) is 6.95. The van der Waals surface area contributed by atoms with Crippen LogP contribution in [-0.4, -0.2) is 73.2 Å². The number of carbonyl (C=O) groups excluding carboxylic acids is 1. The number of rotatable bonds is 7. The first-order valence-corrected chi connectivity index (χ1v) is 7.79. The summed E-state index contributed by atoms with van der Waals surface area (Å²) in [4.78, 5) is 26.1. The quantitative estimate of drug-likeness (QED) is 0.717. The molecule has 2 heterocycles. The van der Waals surface area contributed by atoms with E-state index >= 15 is 0 Å². The lowest BCUT2D eigenvalue weighted by Crippen LogP contribution is -2.47. The Balaban J connectivity index is 1.90. The van der Waals surface area contributed by atoms with Gasteiger partial charge >= 0.3 is 0 Å². The van der Waals surface area contributed by atoms with Crippen molar-refractivity contribution >= 4 is 5.91 Å². The predicted molar refractivity (Wildman–Crippen MR) is 84.6 cm³/mol. The second kappa shape index (κ2) is 8.76. The van der Waals surface area contributed by atoms with E-state index in [1.807, 2.05) is 0 Å². The van der Waals surface area contributed by atoms with Crippen LogP contribution in [0.15, 0.2) is 16.9 Å². The molecule has 0 bridgehead atoms. The number of carbonyl (C=O) groups is 1. The van der Waals surface area contributed by atoms with Crippen LogP contribution in [-0.2, 0) is 16.0 Å². The molecular weight excluding hydrogens is 300 g/mol. The molecule has 1 aliphatic rings. The molecule has 23 heavy (non-hydrogen) atoms. The number of methoxy groups -OCH3 is 1. The van der Waals surface area contributed by atoms with Gasteiger partial charge in [0, 0.05) is 38.9 Å². The van der Waals surface area contributed by atoms with Crippen molar-refractivity contribution in [2.24, 2.45) is 0 Å². The van der Waals surface area contributed by atoms with E-state index < -0.39 is 0 Å². The first-order chi connectivity index (χ1) is 11.1. The van der Waals surface area contributed by atoms with Crippen LogP contribution in [0.4, 0.5) is 0 Å². The highest BCUT2D eigenvalue weighted by Gasteiger charge is 2.18. The molecule has 8 nitrogen and oxygen atoms in total. The van der Waals surface area contributed by atoms with E-state index in [-0.39, 0.29) is 23.2 Å². The van der Waals surface area contributed by atoms with Crippen molar-refractivity contribution in [3.63, 3.8) is 0 Å². The van der Waals surface area contributed by atoms with Crippen molar-refractivity contribution < 1.29 is 14.3 Å². The molecule has 1 N–H and O–H groups in total. The molecule has 1 aliphatic heterocycles. The van der Waals surface area contributed by atoms with Gasteiger partial charge in [-0.1, -0.05) is 0 Å². The fourth-order valence-corrected chi connectivity index (χ4v) is 2.39. The normalized spacial score (nSPS) is 17.0. The van der Waals surface area contributed by atoms with E-state index in [1.54, 1.807) is 7.11 Å². The average Bonchev–Trinajstić information content (AvgIpc) is 2.59. The van der Waals surface area contributed by atoms with Crippen molar-refractivity contribution in [1.29, 1.82) is 0 Å². The minimum atomic E-state index is -0.281. The summed E-state index contributed by atoms with van der Waals surface area (Å²) in [6, 6.07) is 3.02. The summed E-state index contributed by atoms with van der Waals surface area (Å²) >= 11 is 0. The number of amides is 1. The molecular formula is C15H24N4O4. The van der Waals surface area contributed by atoms with Crippen molar-refractivity contribution in [2.75, 3.05) is 46.6 Å². The Kier molecular flexibility index (Phi) is 6.69. The van der Waals surface area contributed by atoms with Crippen LogP contribution in [0.3, 0.4) is 0 Å². The fraction of sp³-hybridized carbons (Fsp3) is 0.667. The van der Waals surface area contributed by atoms with Crippen LogP contribution in [0.25, 0.3) is 0 Å². The third-order valence-electron chi connectivity index (χ3n) is 3.83. The van der Waals surface area contributed by atoms with Gasteiger partial charge < -0.3 is 14.8 Å². The van der Waals surface area contributed by atoms with Crippen LogP contribution < -0.4 is 10.9 Å². The highest BCUT2D eigenvalue weighted by Crippen LogP contribution is 2.02. The monoisotopic (exact) mass is 324 g/mol. The fourth-order valence-electron chi connectivity index (χ4n) is 2.39. The molecule has 1 amide bonds. The summed E-state index contributed by atoms with van der Waals surface area (Å²) in [6.45, 7) is 6.48. The zero-order valence-electron chi connectivity index (χ0n) is 13.7. The third-order valence-corrected chi connectivity index (χ3v) is 3.83. The molecule has 1 saturated heterocycles. The van der Waals surface area contributed by atoms with Gasteiger partial charge in [0.25, 0.3) is 11.5 Å². The van der Waals surface area contributed by atoms with E-state index in [0.717, 1.165) is 26.3 Å². The van der Waals surface area contributed by atoms with Gasteiger partial charge in [0.1, 0.15) is 5.69 Å². The van der Waals surface area contributed by atoms with Gasteiger partial charge in [-0.05, 0) is 13.0 Å². The van der Waals surface area contributed by atoms with Crippen LogP contribution >= 0.6 is 0 Å². The molecule has 8 heteroatoms. The van der Waals surface area contributed by atoms with Crippen LogP contribution in [0.1, 0.15) is 17.4 Å². The first kappa shape index (κ1) is 17.6. The van der Waals surface area contributed by atoms with E-state index in [0.29, 0.717) is 19.7 Å². The summed E-state index contributed by atoms with van der Waals surface area (Å²) in [6.07, 6.45) is 0. The van der Waals surface area contributed by atoms with E-state index in [9.17, 15) is 9.59 Å². The maximum Gasteiger partial charge on any atom is 0.271 e. The lowest BCUT2D eigenvalue weighted by Gasteiger charge is -2.32. The molecule has 2 rings (SSSR count). The number of morpholine rings is 1. The number of aromatic nitrogens is 2. The molecule has 1 aromatic heterocycles. The standard InChI is InChI=1S/C15H24N4O4/c1-12(18-5-9-23-10-6-18)11-16-15(21)13-3-4-14(20)19(17-13)7-8-22-2/h3-4,12H,5-11H2,1-2H3,(H,16,21)/t12-/m1/s1. The lowest BCUT2D eigenvalue weighted by atomic mass is 10.2. The summed E-state index contributed by atoms with van der Waals surface area (Å²) in [7, 11) is 1.55.